The van der Waals surface area contributed by atoms with Crippen LogP contribution in [0.4, 0.5) is 10.5 Å². The van der Waals surface area contributed by atoms with Crippen LogP contribution in [0.15, 0.2) is 23.1 Å². The summed E-state index contributed by atoms with van der Waals surface area (Å²) >= 11 is 0. The first-order valence-electron chi connectivity index (χ1n) is 7.20. The molecule has 0 unspecified atom stereocenters. The summed E-state index contributed by atoms with van der Waals surface area (Å²) in [7, 11) is -3.80. The summed E-state index contributed by atoms with van der Waals surface area (Å²) in [6, 6.07) is 4.75. The van der Waals surface area contributed by atoms with Gasteiger partial charge in [0.1, 0.15) is 5.60 Å². The van der Waals surface area contributed by atoms with Crippen molar-refractivity contribution in [2.75, 3.05) is 11.4 Å². The number of carbonyl (C=O) groups excluding carboxylic acids is 1. The molecule has 0 radical (unpaired) electrons. The second kappa shape index (κ2) is 4.45. The summed E-state index contributed by atoms with van der Waals surface area (Å²) in [6.45, 7) is 5.94. The molecule has 0 bridgehead atoms. The van der Waals surface area contributed by atoms with E-state index in [4.69, 9.17) is 9.88 Å². The molecule has 0 aromatic heterocycles. The number of carbonyl (C=O) groups is 1. The molecule has 7 heteroatoms. The zero-order valence-electron chi connectivity index (χ0n) is 12.9. The Hall–Kier alpha value is -1.60. The Labute approximate surface area is 130 Å². The topological polar surface area (TPSA) is 89.7 Å². The molecule has 1 amide bonds. The molecule has 6 nitrogen and oxygen atoms in total. The van der Waals surface area contributed by atoms with Crippen molar-refractivity contribution in [3.8, 4) is 0 Å². The van der Waals surface area contributed by atoms with E-state index in [1.165, 1.54) is 17.0 Å². The minimum absolute atomic E-state index is 0.0116. The molecule has 22 heavy (non-hydrogen) atoms. The number of sulfonamides is 1. The molecular weight excluding hydrogens is 304 g/mol. The zero-order valence-corrected chi connectivity index (χ0v) is 13.7. The normalized spacial score (nSPS) is 19.2. The molecule has 2 aliphatic rings. The van der Waals surface area contributed by atoms with Crippen molar-refractivity contribution in [1.82, 2.24) is 0 Å². The van der Waals surface area contributed by atoms with Gasteiger partial charge >= 0.3 is 6.09 Å². The third-order valence-electron chi connectivity index (χ3n) is 4.09. The average molecular weight is 324 g/mol. The third-order valence-corrected chi connectivity index (χ3v) is 5.00. The number of hydrogen-bond donors (Lipinski definition) is 1. The lowest BCUT2D eigenvalue weighted by Crippen LogP contribution is -2.37. The lowest BCUT2D eigenvalue weighted by molar-refractivity contribution is 0.0581. The van der Waals surface area contributed by atoms with Crippen LogP contribution in [0.25, 0.3) is 0 Å². The molecule has 1 aliphatic heterocycles. The number of fused-ring (bicyclic) bond motifs is 2. The van der Waals surface area contributed by atoms with Crippen molar-refractivity contribution < 1.29 is 17.9 Å². The lowest BCUT2D eigenvalue weighted by Gasteiger charge is -2.25. The van der Waals surface area contributed by atoms with Crippen molar-refractivity contribution in [2.24, 2.45) is 5.14 Å². The number of amides is 1. The van der Waals surface area contributed by atoms with E-state index in [2.05, 4.69) is 0 Å². The van der Waals surface area contributed by atoms with Crippen molar-refractivity contribution in [1.29, 1.82) is 0 Å². The molecular formula is C15H20N2O4S. The predicted octanol–water partition coefficient (Wildman–Crippen LogP) is 2.12. The third kappa shape index (κ3) is 2.59. The number of nitrogens with zero attached hydrogens (tertiary/aromatic N) is 1. The second-order valence-electron chi connectivity index (χ2n) is 7.07. The van der Waals surface area contributed by atoms with E-state index >= 15 is 0 Å². The van der Waals surface area contributed by atoms with E-state index in [0.29, 0.717) is 12.2 Å². The fourth-order valence-corrected chi connectivity index (χ4v) is 3.43. The average Bonchev–Trinajstić information content (AvgIpc) is 3.04. The highest BCUT2D eigenvalue weighted by Crippen LogP contribution is 2.56. The monoisotopic (exact) mass is 324 g/mol. The van der Waals surface area contributed by atoms with E-state index in [9.17, 15) is 13.2 Å². The Morgan fingerprint density at radius 3 is 2.45 bits per heavy atom. The maximum Gasteiger partial charge on any atom is 0.414 e. The van der Waals surface area contributed by atoms with Gasteiger partial charge < -0.3 is 4.74 Å². The zero-order chi connectivity index (χ0) is 16.3. The van der Waals surface area contributed by atoms with Crippen molar-refractivity contribution in [2.45, 2.75) is 49.5 Å². The summed E-state index contributed by atoms with van der Waals surface area (Å²) in [5.41, 5.74) is 0.959. The van der Waals surface area contributed by atoms with Crippen LogP contribution in [0, 0.1) is 0 Å². The molecule has 1 heterocycles. The van der Waals surface area contributed by atoms with Gasteiger partial charge in [-0.3, -0.25) is 4.90 Å². The van der Waals surface area contributed by atoms with Gasteiger partial charge in [-0.1, -0.05) is 6.07 Å². The molecule has 1 aromatic carbocycles. The standard InChI is InChI=1S/C15H20N2O4S/c1-14(2,3)21-13(18)17-9-15(6-7-15)11-5-4-10(8-12(11)17)22(16,19)20/h4-5,8H,6-7,9H2,1-3H3,(H2,16,19,20). The van der Waals surface area contributed by atoms with E-state index < -0.39 is 21.7 Å². The van der Waals surface area contributed by atoms with Gasteiger partial charge in [0.25, 0.3) is 0 Å². The maximum atomic E-state index is 12.4. The molecule has 0 atom stereocenters. The fourth-order valence-electron chi connectivity index (χ4n) is 2.89. The van der Waals surface area contributed by atoms with Gasteiger partial charge in [0.05, 0.1) is 10.6 Å². The van der Waals surface area contributed by atoms with Crippen LogP contribution in [0.2, 0.25) is 0 Å². The maximum absolute atomic E-state index is 12.4. The van der Waals surface area contributed by atoms with Gasteiger partial charge in [0.2, 0.25) is 10.0 Å². The lowest BCUT2D eigenvalue weighted by atomic mass is 9.99. The highest BCUT2D eigenvalue weighted by Gasteiger charge is 2.53. The Morgan fingerprint density at radius 2 is 1.95 bits per heavy atom. The first-order chi connectivity index (χ1) is 10.0. The first kappa shape index (κ1) is 15.3. The highest BCUT2D eigenvalue weighted by molar-refractivity contribution is 7.89. The molecule has 3 rings (SSSR count). The molecule has 120 valence electrons. The molecule has 0 saturated heterocycles. The fraction of sp³-hybridized carbons (Fsp3) is 0.533. The predicted molar refractivity (Wildman–Crippen MR) is 82.3 cm³/mol. The smallest absolute Gasteiger partial charge is 0.414 e. The number of benzene rings is 1. The van der Waals surface area contributed by atoms with Crippen molar-refractivity contribution in [3.63, 3.8) is 0 Å². The number of anilines is 1. The Balaban J connectivity index is 2.02. The van der Waals surface area contributed by atoms with E-state index in [-0.39, 0.29) is 10.3 Å². The largest absolute Gasteiger partial charge is 0.443 e. The summed E-state index contributed by atoms with van der Waals surface area (Å²) < 4.78 is 28.5. The number of nitrogens with two attached hydrogens (primary N) is 1. The summed E-state index contributed by atoms with van der Waals surface area (Å²) in [5, 5.41) is 5.19. The molecule has 2 N–H and O–H groups in total. The SMILES string of the molecule is CC(C)(C)OC(=O)N1CC2(CC2)c2ccc(S(N)(=O)=O)cc21. The van der Waals surface area contributed by atoms with Gasteiger partial charge in [0, 0.05) is 12.0 Å². The van der Waals surface area contributed by atoms with Crippen LogP contribution in [0.1, 0.15) is 39.2 Å². The van der Waals surface area contributed by atoms with Crippen molar-refractivity contribution in [3.05, 3.63) is 23.8 Å². The highest BCUT2D eigenvalue weighted by atomic mass is 32.2. The van der Waals surface area contributed by atoms with E-state index in [1.54, 1.807) is 26.8 Å². The Kier molecular flexibility index (Phi) is 3.10. The molecule has 1 fully saturated rings. The number of primary sulfonamides is 1. The number of hydrogen-bond acceptors (Lipinski definition) is 4. The van der Waals surface area contributed by atoms with Gasteiger partial charge in [-0.15, -0.1) is 0 Å². The van der Waals surface area contributed by atoms with E-state index in [0.717, 1.165) is 18.4 Å². The van der Waals surface area contributed by atoms with Crippen molar-refractivity contribution >= 4 is 21.8 Å². The van der Waals surface area contributed by atoms with E-state index in [1.807, 2.05) is 0 Å². The van der Waals surface area contributed by atoms with Gasteiger partial charge in [0.15, 0.2) is 0 Å². The van der Waals surface area contributed by atoms with Gasteiger partial charge in [-0.25, -0.2) is 18.4 Å². The van der Waals surface area contributed by atoms with Gasteiger partial charge in [-0.05, 0) is 51.3 Å². The Morgan fingerprint density at radius 1 is 1.32 bits per heavy atom. The second-order valence-corrected chi connectivity index (χ2v) is 8.63. The summed E-state index contributed by atoms with van der Waals surface area (Å²) in [6.07, 6.45) is 1.53. The minimum atomic E-state index is -3.80. The Bertz CT molecular complexity index is 745. The van der Waals surface area contributed by atoms with Crippen LogP contribution < -0.4 is 10.0 Å². The first-order valence-corrected chi connectivity index (χ1v) is 8.74. The number of rotatable bonds is 1. The molecule has 1 saturated carbocycles. The molecule has 1 aliphatic carbocycles. The van der Waals surface area contributed by atoms with Crippen LogP contribution in [-0.4, -0.2) is 26.7 Å². The molecule has 1 spiro atoms. The van der Waals surface area contributed by atoms with Crippen LogP contribution in [0.5, 0.6) is 0 Å². The van der Waals surface area contributed by atoms with Crippen LogP contribution in [0.3, 0.4) is 0 Å². The summed E-state index contributed by atoms with van der Waals surface area (Å²) in [4.78, 5) is 14.0. The van der Waals surface area contributed by atoms with Crippen LogP contribution in [-0.2, 0) is 20.2 Å². The molecule has 1 aromatic rings. The minimum Gasteiger partial charge on any atom is -0.443 e. The quantitative estimate of drug-likeness (QED) is 0.857. The summed E-state index contributed by atoms with van der Waals surface area (Å²) in [5.74, 6) is 0. The van der Waals surface area contributed by atoms with Gasteiger partial charge in [-0.2, -0.15) is 0 Å². The van der Waals surface area contributed by atoms with Crippen LogP contribution >= 0.6 is 0 Å². The number of ether oxygens (including phenoxy) is 1.